The molecule has 2 aromatic carbocycles. The zero-order valence-corrected chi connectivity index (χ0v) is 13.7. The molecule has 23 heavy (non-hydrogen) atoms. The van der Waals surface area contributed by atoms with Crippen LogP contribution >= 0.6 is 0 Å². The Morgan fingerprint density at radius 3 is 2.39 bits per heavy atom. The molecule has 0 spiro atoms. The van der Waals surface area contributed by atoms with Crippen molar-refractivity contribution in [2.45, 2.75) is 39.2 Å². The highest BCUT2D eigenvalue weighted by molar-refractivity contribution is 5.69. The van der Waals surface area contributed by atoms with Crippen LogP contribution in [-0.4, -0.2) is 12.6 Å². The van der Waals surface area contributed by atoms with Crippen LogP contribution in [0.2, 0.25) is 0 Å². The van der Waals surface area contributed by atoms with Crippen molar-refractivity contribution in [3.8, 4) is 5.75 Å². The number of esters is 1. The van der Waals surface area contributed by atoms with Crippen LogP contribution in [0.1, 0.15) is 37.3 Å². The third kappa shape index (κ3) is 6.55. The molecule has 2 rings (SSSR count). The second-order valence-electron chi connectivity index (χ2n) is 5.49. The van der Waals surface area contributed by atoms with Crippen molar-refractivity contribution < 1.29 is 14.3 Å². The lowest BCUT2D eigenvalue weighted by Crippen LogP contribution is -2.06. The number of benzene rings is 2. The topological polar surface area (TPSA) is 35.5 Å². The lowest BCUT2D eigenvalue weighted by atomic mass is 10.1. The molecule has 0 aromatic heterocycles. The first kappa shape index (κ1) is 17.1. The Morgan fingerprint density at radius 2 is 1.70 bits per heavy atom. The Hall–Kier alpha value is -2.29. The summed E-state index contributed by atoms with van der Waals surface area (Å²) in [7, 11) is 0. The third-order valence-corrected chi connectivity index (χ3v) is 3.55. The second-order valence-corrected chi connectivity index (χ2v) is 5.49. The largest absolute Gasteiger partial charge is 0.494 e. The Kier molecular flexibility index (Phi) is 7.18. The van der Waals surface area contributed by atoms with Crippen molar-refractivity contribution in [1.82, 2.24) is 0 Å². The highest BCUT2D eigenvalue weighted by Crippen LogP contribution is 2.14. The highest BCUT2D eigenvalue weighted by atomic mass is 16.5. The van der Waals surface area contributed by atoms with Crippen molar-refractivity contribution >= 4 is 5.97 Å². The summed E-state index contributed by atoms with van der Waals surface area (Å²) in [6.45, 7) is 3.23. The average Bonchev–Trinajstić information content (AvgIpc) is 2.60. The zero-order chi connectivity index (χ0) is 16.3. The number of aryl methyl sites for hydroxylation is 1. The number of hydrogen-bond acceptors (Lipinski definition) is 3. The summed E-state index contributed by atoms with van der Waals surface area (Å²) in [4.78, 5) is 11.8. The normalized spacial score (nSPS) is 10.3. The van der Waals surface area contributed by atoms with Crippen LogP contribution < -0.4 is 4.74 Å². The Bertz CT molecular complexity index is 576. The molecule has 0 amide bonds. The first-order chi connectivity index (χ1) is 11.3. The third-order valence-electron chi connectivity index (χ3n) is 3.55. The van der Waals surface area contributed by atoms with Crippen molar-refractivity contribution in [3.63, 3.8) is 0 Å². The number of unbranched alkanes of at least 4 members (excludes halogenated alkanes) is 1. The van der Waals surface area contributed by atoms with Crippen molar-refractivity contribution in [2.75, 3.05) is 6.61 Å². The summed E-state index contributed by atoms with van der Waals surface area (Å²) < 4.78 is 10.9. The van der Waals surface area contributed by atoms with E-state index in [1.165, 1.54) is 0 Å². The van der Waals surface area contributed by atoms with Gasteiger partial charge in [-0.15, -0.1) is 0 Å². The van der Waals surface area contributed by atoms with Gasteiger partial charge < -0.3 is 9.47 Å². The molecule has 0 unspecified atom stereocenters. The van der Waals surface area contributed by atoms with E-state index < -0.39 is 0 Å². The minimum atomic E-state index is -0.169. The van der Waals surface area contributed by atoms with Crippen LogP contribution in [0.15, 0.2) is 54.6 Å². The standard InChI is InChI=1S/C20H24O3/c1-2-3-15-22-19-12-9-17(10-13-19)11-14-20(21)23-16-18-7-5-4-6-8-18/h4-10,12-13H,2-3,11,14-16H2,1H3. The van der Waals surface area contributed by atoms with Gasteiger partial charge in [0.25, 0.3) is 0 Å². The molecular weight excluding hydrogens is 288 g/mol. The quantitative estimate of drug-likeness (QED) is 0.503. The van der Waals surface area contributed by atoms with Gasteiger partial charge in [0.15, 0.2) is 0 Å². The van der Waals surface area contributed by atoms with Gasteiger partial charge in [-0.25, -0.2) is 0 Å². The second kappa shape index (κ2) is 9.67. The van der Waals surface area contributed by atoms with Crippen molar-refractivity contribution in [2.24, 2.45) is 0 Å². The number of rotatable bonds is 9. The first-order valence-electron chi connectivity index (χ1n) is 8.19. The fourth-order valence-electron chi connectivity index (χ4n) is 2.14. The number of carbonyl (C=O) groups excluding carboxylic acids is 1. The van der Waals surface area contributed by atoms with E-state index in [2.05, 4.69) is 6.92 Å². The SMILES string of the molecule is CCCCOc1ccc(CCC(=O)OCc2ccccc2)cc1. The molecule has 0 atom stereocenters. The molecule has 0 N–H and O–H groups in total. The molecule has 0 heterocycles. The lowest BCUT2D eigenvalue weighted by Gasteiger charge is -2.07. The van der Waals surface area contributed by atoms with E-state index >= 15 is 0 Å². The molecule has 0 fully saturated rings. The molecule has 0 saturated carbocycles. The van der Waals surface area contributed by atoms with Crippen LogP contribution in [0.3, 0.4) is 0 Å². The molecule has 3 nitrogen and oxygen atoms in total. The molecule has 0 bridgehead atoms. The lowest BCUT2D eigenvalue weighted by molar-refractivity contribution is -0.144. The maximum Gasteiger partial charge on any atom is 0.306 e. The number of carbonyl (C=O) groups is 1. The maximum atomic E-state index is 11.8. The molecule has 0 aliphatic carbocycles. The van der Waals surface area contributed by atoms with E-state index in [0.717, 1.165) is 36.3 Å². The summed E-state index contributed by atoms with van der Waals surface area (Å²) in [6.07, 6.45) is 3.27. The Morgan fingerprint density at radius 1 is 0.957 bits per heavy atom. The maximum absolute atomic E-state index is 11.8. The number of ether oxygens (including phenoxy) is 2. The summed E-state index contributed by atoms with van der Waals surface area (Å²) in [5.74, 6) is 0.714. The minimum absolute atomic E-state index is 0.169. The summed E-state index contributed by atoms with van der Waals surface area (Å²) in [5.41, 5.74) is 2.12. The van der Waals surface area contributed by atoms with Crippen LogP contribution in [-0.2, 0) is 22.6 Å². The fourth-order valence-corrected chi connectivity index (χ4v) is 2.14. The predicted octanol–water partition coefficient (Wildman–Crippen LogP) is 4.54. The van der Waals surface area contributed by atoms with Gasteiger partial charge in [-0.3, -0.25) is 4.79 Å². The molecule has 122 valence electrons. The molecule has 0 radical (unpaired) electrons. The molecule has 0 aliphatic heterocycles. The van der Waals surface area contributed by atoms with Gasteiger partial charge in [0.1, 0.15) is 12.4 Å². The monoisotopic (exact) mass is 312 g/mol. The van der Waals surface area contributed by atoms with Crippen molar-refractivity contribution in [3.05, 3.63) is 65.7 Å². The summed E-state index contributed by atoms with van der Waals surface area (Å²) in [5, 5.41) is 0. The van der Waals surface area contributed by atoms with Crippen LogP contribution in [0.4, 0.5) is 0 Å². The van der Waals surface area contributed by atoms with E-state index in [0.29, 0.717) is 19.4 Å². The van der Waals surface area contributed by atoms with Crippen LogP contribution in [0, 0.1) is 0 Å². The van der Waals surface area contributed by atoms with Gasteiger partial charge in [0.2, 0.25) is 0 Å². The van der Waals surface area contributed by atoms with Gasteiger partial charge in [-0.1, -0.05) is 55.8 Å². The van der Waals surface area contributed by atoms with E-state index in [9.17, 15) is 4.79 Å². The fraction of sp³-hybridized carbons (Fsp3) is 0.350. The smallest absolute Gasteiger partial charge is 0.306 e. The van der Waals surface area contributed by atoms with E-state index in [1.54, 1.807) is 0 Å². The highest BCUT2D eigenvalue weighted by Gasteiger charge is 2.04. The number of hydrogen-bond donors (Lipinski definition) is 0. The molecule has 0 saturated heterocycles. The summed E-state index contributed by atoms with van der Waals surface area (Å²) >= 11 is 0. The Labute approximate surface area is 138 Å². The van der Waals surface area contributed by atoms with E-state index in [4.69, 9.17) is 9.47 Å². The molecule has 0 aliphatic rings. The molecular formula is C20H24O3. The van der Waals surface area contributed by atoms with Gasteiger partial charge in [0, 0.05) is 6.42 Å². The first-order valence-corrected chi connectivity index (χ1v) is 8.19. The zero-order valence-electron chi connectivity index (χ0n) is 13.7. The van der Waals surface area contributed by atoms with Crippen molar-refractivity contribution in [1.29, 1.82) is 0 Å². The Balaban J connectivity index is 1.69. The minimum Gasteiger partial charge on any atom is -0.494 e. The van der Waals surface area contributed by atoms with E-state index in [1.807, 2.05) is 54.6 Å². The molecule has 2 aromatic rings. The van der Waals surface area contributed by atoms with Crippen LogP contribution in [0.25, 0.3) is 0 Å². The van der Waals surface area contributed by atoms with Gasteiger partial charge in [-0.2, -0.15) is 0 Å². The van der Waals surface area contributed by atoms with Gasteiger partial charge >= 0.3 is 5.97 Å². The predicted molar refractivity (Wildman–Crippen MR) is 91.4 cm³/mol. The van der Waals surface area contributed by atoms with Gasteiger partial charge in [0.05, 0.1) is 6.61 Å². The van der Waals surface area contributed by atoms with E-state index in [-0.39, 0.29) is 5.97 Å². The molecule has 3 heteroatoms. The average molecular weight is 312 g/mol. The summed E-state index contributed by atoms with van der Waals surface area (Å²) in [6, 6.07) is 17.6. The van der Waals surface area contributed by atoms with Gasteiger partial charge in [-0.05, 0) is 36.1 Å². The van der Waals surface area contributed by atoms with Crippen LogP contribution in [0.5, 0.6) is 5.75 Å².